The molecule has 2 heterocycles. The number of carbonyl (C=O) groups excluding carboxylic acids is 1. The first-order valence-corrected chi connectivity index (χ1v) is 11.7. The normalized spacial score (nSPS) is 11.8. The molecule has 160 valence electrons. The van der Waals surface area contributed by atoms with E-state index in [1.54, 1.807) is 24.3 Å². The van der Waals surface area contributed by atoms with Gasteiger partial charge in [0.05, 0.1) is 22.0 Å². The van der Waals surface area contributed by atoms with Crippen molar-refractivity contribution in [2.24, 2.45) is 5.73 Å². The van der Waals surface area contributed by atoms with E-state index in [9.17, 15) is 22.7 Å². The first-order chi connectivity index (χ1) is 14.7. The molecule has 0 spiro atoms. The van der Waals surface area contributed by atoms with Gasteiger partial charge in [0.2, 0.25) is 5.91 Å². The van der Waals surface area contributed by atoms with E-state index in [1.807, 2.05) is 0 Å². The number of rotatable bonds is 6. The lowest BCUT2D eigenvalue weighted by Gasteiger charge is -2.06. The minimum Gasteiger partial charge on any atom is -0.507 e. The maximum absolute atomic E-state index is 14.7. The number of phenolic OH excluding ortho intramolecular Hbond substituents is 1. The van der Waals surface area contributed by atoms with Gasteiger partial charge in [-0.05, 0) is 42.0 Å². The SMILES string of the molecule is NC(=O)c1cccc(Cn2nc(CS(=O)(=O)c3ccc(Cl)s3)c3c(O)ccc(F)c32)c1. The molecule has 31 heavy (non-hydrogen) atoms. The average molecular weight is 480 g/mol. The smallest absolute Gasteiger partial charge is 0.248 e. The highest BCUT2D eigenvalue weighted by Crippen LogP contribution is 2.34. The summed E-state index contributed by atoms with van der Waals surface area (Å²) in [5, 5.41) is 14.7. The van der Waals surface area contributed by atoms with Gasteiger partial charge in [0.1, 0.15) is 27.0 Å². The monoisotopic (exact) mass is 479 g/mol. The lowest BCUT2D eigenvalue weighted by Crippen LogP contribution is -2.12. The number of aromatic hydroxyl groups is 1. The second-order valence-electron chi connectivity index (χ2n) is 6.78. The Morgan fingerprint density at radius 3 is 2.68 bits per heavy atom. The molecule has 0 saturated carbocycles. The zero-order valence-corrected chi connectivity index (χ0v) is 18.1. The number of phenols is 1. The standard InChI is InChI=1S/C20H15ClFN3O4S2/c21-16-6-7-17(30-16)31(28,29)10-14-18-15(26)5-4-13(22)19(18)25(24-14)9-11-2-1-3-12(8-11)20(23)27/h1-8,26H,9-10H2,(H2,23,27). The van der Waals surface area contributed by atoms with Gasteiger partial charge in [0, 0.05) is 5.56 Å². The maximum Gasteiger partial charge on any atom is 0.248 e. The summed E-state index contributed by atoms with van der Waals surface area (Å²) < 4.78 is 42.0. The number of amides is 1. The van der Waals surface area contributed by atoms with Crippen molar-refractivity contribution >= 4 is 49.6 Å². The van der Waals surface area contributed by atoms with Crippen molar-refractivity contribution < 1.29 is 22.7 Å². The fraction of sp³-hybridized carbons (Fsp3) is 0.100. The van der Waals surface area contributed by atoms with E-state index < -0.39 is 27.3 Å². The lowest BCUT2D eigenvalue weighted by atomic mass is 10.1. The third-order valence-electron chi connectivity index (χ3n) is 4.62. The average Bonchev–Trinajstić information content (AvgIpc) is 3.30. The van der Waals surface area contributed by atoms with Gasteiger partial charge in [-0.2, -0.15) is 5.10 Å². The van der Waals surface area contributed by atoms with E-state index in [0.717, 1.165) is 23.5 Å². The molecule has 0 atom stereocenters. The van der Waals surface area contributed by atoms with Gasteiger partial charge in [-0.1, -0.05) is 23.7 Å². The summed E-state index contributed by atoms with van der Waals surface area (Å²) in [6, 6.07) is 11.5. The molecule has 0 bridgehead atoms. The highest BCUT2D eigenvalue weighted by Gasteiger charge is 2.25. The van der Waals surface area contributed by atoms with Gasteiger partial charge in [-0.15, -0.1) is 11.3 Å². The molecule has 11 heteroatoms. The summed E-state index contributed by atoms with van der Waals surface area (Å²) in [5.41, 5.74) is 6.14. The van der Waals surface area contributed by atoms with Gasteiger partial charge in [0.15, 0.2) is 9.84 Å². The number of aromatic nitrogens is 2. The van der Waals surface area contributed by atoms with Gasteiger partial charge >= 0.3 is 0 Å². The Kier molecular flexibility index (Phi) is 5.46. The summed E-state index contributed by atoms with van der Waals surface area (Å²) in [4.78, 5) is 11.4. The molecule has 2 aromatic carbocycles. The molecule has 0 aliphatic carbocycles. The van der Waals surface area contributed by atoms with Gasteiger partial charge in [-0.25, -0.2) is 12.8 Å². The molecule has 0 aliphatic rings. The molecule has 0 saturated heterocycles. The van der Waals surface area contributed by atoms with Gasteiger partial charge in [0.25, 0.3) is 0 Å². The van der Waals surface area contributed by atoms with Crippen LogP contribution in [-0.2, 0) is 22.1 Å². The van der Waals surface area contributed by atoms with E-state index >= 15 is 0 Å². The number of benzene rings is 2. The van der Waals surface area contributed by atoms with Crippen LogP contribution >= 0.6 is 22.9 Å². The van der Waals surface area contributed by atoms with Crippen molar-refractivity contribution in [2.45, 2.75) is 16.5 Å². The molecule has 0 unspecified atom stereocenters. The number of fused-ring (bicyclic) bond motifs is 1. The van der Waals surface area contributed by atoms with E-state index in [0.29, 0.717) is 9.90 Å². The summed E-state index contributed by atoms with van der Waals surface area (Å²) in [7, 11) is -3.83. The Labute approximate surface area is 185 Å². The third-order valence-corrected chi connectivity index (χ3v) is 8.06. The van der Waals surface area contributed by atoms with Gasteiger partial charge < -0.3 is 10.8 Å². The quantitative estimate of drug-likeness (QED) is 0.437. The predicted octanol–water partition coefficient (Wildman–Crippen LogP) is 3.72. The molecular weight excluding hydrogens is 465 g/mol. The van der Waals surface area contributed by atoms with Crippen LogP contribution in [0.1, 0.15) is 21.6 Å². The Morgan fingerprint density at radius 2 is 2.00 bits per heavy atom. The van der Waals surface area contributed by atoms with Gasteiger partial charge in [-0.3, -0.25) is 9.48 Å². The van der Waals surface area contributed by atoms with Crippen molar-refractivity contribution in [2.75, 3.05) is 0 Å². The Hall–Kier alpha value is -2.95. The largest absolute Gasteiger partial charge is 0.507 e. The maximum atomic E-state index is 14.7. The number of hydrogen-bond donors (Lipinski definition) is 2. The molecule has 0 fully saturated rings. The highest BCUT2D eigenvalue weighted by atomic mass is 35.5. The summed E-state index contributed by atoms with van der Waals surface area (Å²) in [6.07, 6.45) is 0. The van der Waals surface area contributed by atoms with Crippen molar-refractivity contribution in [1.82, 2.24) is 9.78 Å². The zero-order chi connectivity index (χ0) is 22.3. The molecule has 0 aliphatic heterocycles. The topological polar surface area (TPSA) is 115 Å². The Balaban J connectivity index is 1.82. The fourth-order valence-electron chi connectivity index (χ4n) is 3.26. The summed E-state index contributed by atoms with van der Waals surface area (Å²) >= 11 is 6.75. The second-order valence-corrected chi connectivity index (χ2v) is 10.7. The fourth-order valence-corrected chi connectivity index (χ4v) is 6.11. The van der Waals surface area contributed by atoms with Crippen molar-refractivity contribution in [3.8, 4) is 5.75 Å². The number of halogens is 2. The highest BCUT2D eigenvalue weighted by molar-refractivity contribution is 7.92. The van der Waals surface area contributed by atoms with Crippen LogP contribution in [0.5, 0.6) is 5.75 Å². The Morgan fingerprint density at radius 1 is 1.23 bits per heavy atom. The molecule has 0 radical (unpaired) electrons. The summed E-state index contributed by atoms with van der Waals surface area (Å²) in [5.74, 6) is -2.12. The number of thiophene rings is 1. The molecule has 7 nitrogen and oxygen atoms in total. The number of carbonyl (C=O) groups is 1. The first kappa shape index (κ1) is 21.3. The van der Waals surface area contributed by atoms with E-state index in [2.05, 4.69) is 5.10 Å². The van der Waals surface area contributed by atoms with Crippen LogP contribution in [0.25, 0.3) is 10.9 Å². The minimum atomic E-state index is -3.83. The number of hydrogen-bond acceptors (Lipinski definition) is 6. The van der Waals surface area contributed by atoms with Crippen LogP contribution in [0.15, 0.2) is 52.7 Å². The van der Waals surface area contributed by atoms with E-state index in [4.69, 9.17) is 17.3 Å². The molecular formula is C20H15ClFN3O4S2. The number of primary amides is 1. The zero-order valence-electron chi connectivity index (χ0n) is 15.7. The molecule has 3 N–H and O–H groups in total. The van der Waals surface area contributed by atoms with Crippen molar-refractivity contribution in [3.63, 3.8) is 0 Å². The second kappa shape index (κ2) is 7.95. The molecule has 1 amide bonds. The van der Waals surface area contributed by atoms with Crippen LogP contribution in [0, 0.1) is 5.82 Å². The lowest BCUT2D eigenvalue weighted by molar-refractivity contribution is 0.1000. The molecule has 4 aromatic rings. The van der Waals surface area contributed by atoms with Crippen LogP contribution in [-0.4, -0.2) is 29.2 Å². The van der Waals surface area contributed by atoms with E-state index in [-0.39, 0.29) is 38.7 Å². The van der Waals surface area contributed by atoms with Crippen LogP contribution in [0.4, 0.5) is 4.39 Å². The number of sulfone groups is 1. The van der Waals surface area contributed by atoms with Crippen LogP contribution in [0.3, 0.4) is 0 Å². The van der Waals surface area contributed by atoms with E-state index in [1.165, 1.54) is 16.8 Å². The predicted molar refractivity (Wildman–Crippen MR) is 116 cm³/mol. The number of nitrogens with zero attached hydrogens (tertiary/aromatic N) is 2. The Bertz CT molecular complexity index is 1430. The number of nitrogens with two attached hydrogens (primary N) is 1. The first-order valence-electron chi connectivity index (χ1n) is 8.89. The van der Waals surface area contributed by atoms with Crippen LogP contribution in [0.2, 0.25) is 4.34 Å². The molecule has 4 rings (SSSR count). The van der Waals surface area contributed by atoms with Crippen LogP contribution < -0.4 is 5.73 Å². The van der Waals surface area contributed by atoms with Crippen molar-refractivity contribution in [3.05, 3.63) is 75.5 Å². The third kappa shape index (κ3) is 4.14. The molecule has 2 aromatic heterocycles. The minimum absolute atomic E-state index is 0.00239. The summed E-state index contributed by atoms with van der Waals surface area (Å²) in [6.45, 7) is 0.0306. The van der Waals surface area contributed by atoms with Crippen molar-refractivity contribution in [1.29, 1.82) is 0 Å².